The van der Waals surface area contributed by atoms with Gasteiger partial charge in [0.25, 0.3) is 5.56 Å². The Morgan fingerprint density at radius 1 is 1.16 bits per heavy atom. The average Bonchev–Trinajstić information content (AvgIpc) is 2.96. The fourth-order valence-corrected chi connectivity index (χ4v) is 2.91. The highest BCUT2D eigenvalue weighted by Gasteiger charge is 2.20. The lowest BCUT2D eigenvalue weighted by Gasteiger charge is -2.15. The highest BCUT2D eigenvalue weighted by Crippen LogP contribution is 2.17. The molecule has 0 aliphatic rings. The second-order valence-electron chi connectivity index (χ2n) is 6.83. The third-order valence-electron chi connectivity index (χ3n) is 4.03. The van der Waals surface area contributed by atoms with Crippen molar-refractivity contribution >= 4 is 11.2 Å². The van der Waals surface area contributed by atoms with Gasteiger partial charge in [-0.3, -0.25) is 9.36 Å². The van der Waals surface area contributed by atoms with E-state index in [1.165, 1.54) is 27.3 Å². The lowest BCUT2D eigenvalue weighted by Crippen LogP contribution is -2.41. The molecule has 25 heavy (non-hydrogen) atoms. The van der Waals surface area contributed by atoms with Crippen molar-refractivity contribution in [1.29, 1.82) is 0 Å². The molecule has 3 aromatic rings. The SMILES string of the molecule is CC(C)Cn1c(=O)c2c(ncn2C(C)C)n(-c2cccc(F)c2)c1=O. The Labute approximate surface area is 144 Å². The first-order chi connectivity index (χ1) is 11.8. The highest BCUT2D eigenvalue weighted by molar-refractivity contribution is 5.72. The molecule has 0 fully saturated rings. The smallest absolute Gasteiger partial charge is 0.322 e. The van der Waals surface area contributed by atoms with Crippen LogP contribution in [0.4, 0.5) is 4.39 Å². The van der Waals surface area contributed by atoms with Gasteiger partial charge < -0.3 is 4.57 Å². The second kappa shape index (κ2) is 6.31. The Balaban J connectivity index is 2.47. The number of hydrogen-bond donors (Lipinski definition) is 0. The summed E-state index contributed by atoms with van der Waals surface area (Å²) in [6, 6.07) is 5.73. The Bertz CT molecular complexity index is 1040. The van der Waals surface area contributed by atoms with Gasteiger partial charge in [0, 0.05) is 12.6 Å². The van der Waals surface area contributed by atoms with Gasteiger partial charge in [0.1, 0.15) is 5.82 Å². The first-order valence-corrected chi connectivity index (χ1v) is 8.29. The molecule has 0 N–H and O–H groups in total. The van der Waals surface area contributed by atoms with Gasteiger partial charge in [-0.15, -0.1) is 0 Å². The minimum atomic E-state index is -0.509. The Morgan fingerprint density at radius 2 is 1.88 bits per heavy atom. The van der Waals surface area contributed by atoms with E-state index >= 15 is 0 Å². The van der Waals surface area contributed by atoms with E-state index in [0.717, 1.165) is 0 Å². The summed E-state index contributed by atoms with van der Waals surface area (Å²) in [6.45, 7) is 8.02. The van der Waals surface area contributed by atoms with Crippen LogP contribution < -0.4 is 11.2 Å². The van der Waals surface area contributed by atoms with Crippen LogP contribution in [0.15, 0.2) is 40.2 Å². The molecular weight excluding hydrogens is 323 g/mol. The van der Waals surface area contributed by atoms with Crippen LogP contribution in [0.1, 0.15) is 33.7 Å². The molecule has 0 aliphatic heterocycles. The van der Waals surface area contributed by atoms with Crippen molar-refractivity contribution < 1.29 is 4.39 Å². The van der Waals surface area contributed by atoms with Crippen molar-refractivity contribution in [1.82, 2.24) is 18.7 Å². The van der Waals surface area contributed by atoms with Crippen molar-refractivity contribution in [3.63, 3.8) is 0 Å². The molecule has 1 aromatic carbocycles. The molecule has 6 nitrogen and oxygen atoms in total. The topological polar surface area (TPSA) is 61.8 Å². The van der Waals surface area contributed by atoms with E-state index in [1.807, 2.05) is 27.7 Å². The molecule has 0 radical (unpaired) electrons. The summed E-state index contributed by atoms with van der Waals surface area (Å²) in [5.41, 5.74) is 0.0636. The normalized spacial score (nSPS) is 11.8. The van der Waals surface area contributed by atoms with E-state index < -0.39 is 11.5 Å². The molecule has 2 aromatic heterocycles. The van der Waals surface area contributed by atoms with Crippen molar-refractivity contribution in [2.45, 2.75) is 40.3 Å². The molecule has 0 atom stereocenters. The van der Waals surface area contributed by atoms with Crippen LogP contribution in [0.25, 0.3) is 16.9 Å². The van der Waals surface area contributed by atoms with Crippen LogP contribution >= 0.6 is 0 Å². The first-order valence-electron chi connectivity index (χ1n) is 8.29. The van der Waals surface area contributed by atoms with Crippen molar-refractivity contribution in [2.75, 3.05) is 0 Å². The van der Waals surface area contributed by atoms with Crippen molar-refractivity contribution in [3.8, 4) is 5.69 Å². The Hall–Kier alpha value is -2.70. The molecule has 0 amide bonds. The lowest BCUT2D eigenvalue weighted by molar-refractivity contribution is 0.487. The molecule has 0 aliphatic carbocycles. The van der Waals surface area contributed by atoms with E-state index in [-0.39, 0.29) is 29.7 Å². The zero-order valence-corrected chi connectivity index (χ0v) is 14.7. The quantitative estimate of drug-likeness (QED) is 0.731. The van der Waals surface area contributed by atoms with E-state index in [4.69, 9.17) is 0 Å². The minimum absolute atomic E-state index is 0.00339. The molecule has 7 heteroatoms. The van der Waals surface area contributed by atoms with E-state index in [9.17, 15) is 14.0 Å². The lowest BCUT2D eigenvalue weighted by atomic mass is 10.2. The number of hydrogen-bond acceptors (Lipinski definition) is 3. The van der Waals surface area contributed by atoms with E-state index in [1.54, 1.807) is 17.0 Å². The summed E-state index contributed by atoms with van der Waals surface area (Å²) in [6.07, 6.45) is 1.55. The van der Waals surface area contributed by atoms with Crippen LogP contribution in [0.5, 0.6) is 0 Å². The first kappa shape index (κ1) is 17.1. The Morgan fingerprint density at radius 3 is 2.48 bits per heavy atom. The third-order valence-corrected chi connectivity index (χ3v) is 4.03. The zero-order chi connectivity index (χ0) is 18.3. The van der Waals surface area contributed by atoms with Gasteiger partial charge in [0.05, 0.1) is 12.0 Å². The fraction of sp³-hybridized carbons (Fsp3) is 0.389. The van der Waals surface area contributed by atoms with Crippen molar-refractivity contribution in [2.24, 2.45) is 5.92 Å². The molecular formula is C18H21FN4O2. The monoisotopic (exact) mass is 344 g/mol. The van der Waals surface area contributed by atoms with Crippen molar-refractivity contribution in [3.05, 3.63) is 57.2 Å². The predicted octanol–water partition coefficient (Wildman–Crippen LogP) is 2.72. The van der Waals surface area contributed by atoms with Gasteiger partial charge in [0.2, 0.25) is 0 Å². The molecule has 0 spiro atoms. The van der Waals surface area contributed by atoms with Gasteiger partial charge in [-0.2, -0.15) is 0 Å². The third kappa shape index (κ3) is 2.90. The molecule has 3 rings (SSSR count). The molecule has 0 saturated heterocycles. The van der Waals surface area contributed by atoms with Crippen LogP contribution in [0.3, 0.4) is 0 Å². The maximum atomic E-state index is 13.7. The maximum absolute atomic E-state index is 13.7. The predicted molar refractivity (Wildman–Crippen MR) is 94.8 cm³/mol. The van der Waals surface area contributed by atoms with Gasteiger partial charge >= 0.3 is 5.69 Å². The summed E-state index contributed by atoms with van der Waals surface area (Å²) in [5, 5.41) is 0. The molecule has 132 valence electrons. The van der Waals surface area contributed by atoms with Gasteiger partial charge in [-0.1, -0.05) is 19.9 Å². The number of aromatic nitrogens is 4. The summed E-state index contributed by atoms with van der Waals surface area (Å²) >= 11 is 0. The van der Waals surface area contributed by atoms with E-state index in [0.29, 0.717) is 11.2 Å². The van der Waals surface area contributed by atoms with Crippen LogP contribution in [-0.2, 0) is 6.54 Å². The highest BCUT2D eigenvalue weighted by atomic mass is 19.1. The van der Waals surface area contributed by atoms with E-state index in [2.05, 4.69) is 4.98 Å². The number of rotatable bonds is 4. The zero-order valence-electron chi connectivity index (χ0n) is 14.7. The largest absolute Gasteiger partial charge is 0.337 e. The summed E-state index contributed by atoms with van der Waals surface area (Å²) in [4.78, 5) is 30.2. The van der Waals surface area contributed by atoms with Gasteiger partial charge in [0.15, 0.2) is 11.2 Å². The number of nitrogens with zero attached hydrogens (tertiary/aromatic N) is 4. The average molecular weight is 344 g/mol. The van der Waals surface area contributed by atoms with Crippen LogP contribution in [-0.4, -0.2) is 18.7 Å². The summed E-state index contributed by atoms with van der Waals surface area (Å²) in [7, 11) is 0. The summed E-state index contributed by atoms with van der Waals surface area (Å²) < 4.78 is 18.0. The van der Waals surface area contributed by atoms with Crippen LogP contribution in [0, 0.1) is 11.7 Å². The van der Waals surface area contributed by atoms with Gasteiger partial charge in [-0.05, 0) is 38.0 Å². The minimum Gasteiger partial charge on any atom is -0.322 e. The number of benzene rings is 1. The molecule has 0 unspecified atom stereocenters. The number of halogens is 1. The fourth-order valence-electron chi connectivity index (χ4n) is 2.91. The Kier molecular flexibility index (Phi) is 4.32. The van der Waals surface area contributed by atoms with Crippen LogP contribution in [0.2, 0.25) is 0 Å². The number of imidazole rings is 1. The molecule has 0 bridgehead atoms. The molecule has 2 heterocycles. The second-order valence-corrected chi connectivity index (χ2v) is 6.83. The number of fused-ring (bicyclic) bond motifs is 1. The summed E-state index contributed by atoms with van der Waals surface area (Å²) in [5.74, 6) is -0.346. The van der Waals surface area contributed by atoms with Gasteiger partial charge in [-0.25, -0.2) is 18.7 Å². The molecule has 0 saturated carbocycles. The standard InChI is InChI=1S/C18H21FN4O2/c1-11(2)9-21-17(24)15-16(20-10-22(15)12(3)4)23(18(21)25)14-7-5-6-13(19)8-14/h5-8,10-12H,9H2,1-4H3. The maximum Gasteiger partial charge on any atom is 0.337 e.